The Morgan fingerprint density at radius 3 is 2.95 bits per heavy atom. The zero-order valence-corrected chi connectivity index (χ0v) is 12.8. The smallest absolute Gasteiger partial charge is 0.274 e. The van der Waals surface area contributed by atoms with Crippen LogP contribution in [-0.4, -0.2) is 34.7 Å². The third-order valence-corrected chi connectivity index (χ3v) is 4.09. The van der Waals surface area contributed by atoms with E-state index in [9.17, 15) is 12.8 Å². The molecule has 1 aromatic carbocycles. The molecule has 0 saturated carbocycles. The van der Waals surface area contributed by atoms with Crippen LogP contribution in [-0.2, 0) is 14.9 Å². The summed E-state index contributed by atoms with van der Waals surface area (Å²) in [6.07, 6.45) is -0.396. The standard InChI is InChI=1S/C12H17ClFN3O3S/c13-10-5-8(1-2-11(10)14)12-9(6-16-3-4-20-12)7-17-21(15,18)19/h1-2,5,9,12,16-17H,3-4,6-7H2,(H2,15,18,19)/t9-,12-/m0/s1. The predicted octanol–water partition coefficient (Wildman–Crippen LogP) is 0.549. The van der Waals surface area contributed by atoms with Crippen LogP contribution in [0.15, 0.2) is 18.2 Å². The molecule has 1 aromatic rings. The van der Waals surface area contributed by atoms with Gasteiger partial charge in [0.1, 0.15) is 5.82 Å². The molecule has 6 nitrogen and oxygen atoms in total. The van der Waals surface area contributed by atoms with Crippen molar-refractivity contribution in [2.45, 2.75) is 6.10 Å². The molecule has 4 N–H and O–H groups in total. The van der Waals surface area contributed by atoms with Gasteiger partial charge in [0.2, 0.25) is 0 Å². The predicted molar refractivity (Wildman–Crippen MR) is 77.6 cm³/mol. The van der Waals surface area contributed by atoms with Gasteiger partial charge < -0.3 is 10.1 Å². The topological polar surface area (TPSA) is 93.5 Å². The van der Waals surface area contributed by atoms with Gasteiger partial charge in [-0.15, -0.1) is 0 Å². The molecule has 2 rings (SSSR count). The second-order valence-corrected chi connectivity index (χ2v) is 6.61. The Balaban J connectivity index is 2.20. The zero-order valence-electron chi connectivity index (χ0n) is 11.2. The number of rotatable bonds is 4. The van der Waals surface area contributed by atoms with E-state index >= 15 is 0 Å². The summed E-state index contributed by atoms with van der Waals surface area (Å²) in [4.78, 5) is 0. The second kappa shape index (κ2) is 6.99. The summed E-state index contributed by atoms with van der Waals surface area (Å²) in [6.45, 7) is 1.77. The van der Waals surface area contributed by atoms with E-state index in [1.165, 1.54) is 12.1 Å². The average Bonchev–Trinajstić information content (AvgIpc) is 2.64. The van der Waals surface area contributed by atoms with Crippen LogP contribution in [0.1, 0.15) is 11.7 Å². The van der Waals surface area contributed by atoms with E-state index < -0.39 is 22.1 Å². The van der Waals surface area contributed by atoms with Crippen LogP contribution in [0.3, 0.4) is 0 Å². The van der Waals surface area contributed by atoms with Crippen LogP contribution >= 0.6 is 11.6 Å². The lowest BCUT2D eigenvalue weighted by molar-refractivity contribution is 0.0322. The Kier molecular flexibility index (Phi) is 5.53. The molecule has 118 valence electrons. The summed E-state index contributed by atoms with van der Waals surface area (Å²) in [6, 6.07) is 4.35. The molecular formula is C12H17ClFN3O3S. The molecule has 1 aliphatic rings. The van der Waals surface area contributed by atoms with Crippen molar-refractivity contribution < 1.29 is 17.5 Å². The van der Waals surface area contributed by atoms with E-state index in [4.69, 9.17) is 21.5 Å². The fourth-order valence-electron chi connectivity index (χ4n) is 2.25. The minimum absolute atomic E-state index is 0.00598. The highest BCUT2D eigenvalue weighted by Gasteiger charge is 2.27. The van der Waals surface area contributed by atoms with Crippen molar-refractivity contribution in [3.05, 3.63) is 34.6 Å². The summed E-state index contributed by atoms with van der Waals surface area (Å²) in [7, 11) is -3.78. The number of benzene rings is 1. The number of hydrogen-bond acceptors (Lipinski definition) is 4. The normalized spacial score (nSPS) is 23.8. The van der Waals surface area contributed by atoms with Crippen molar-refractivity contribution in [1.29, 1.82) is 0 Å². The third-order valence-electron chi connectivity index (χ3n) is 3.23. The minimum atomic E-state index is -3.78. The van der Waals surface area contributed by atoms with Crippen LogP contribution in [0.5, 0.6) is 0 Å². The maximum atomic E-state index is 13.3. The molecule has 1 fully saturated rings. The lowest BCUT2D eigenvalue weighted by Gasteiger charge is -2.25. The maximum Gasteiger partial charge on any atom is 0.274 e. The van der Waals surface area contributed by atoms with Gasteiger partial charge >= 0.3 is 0 Å². The summed E-state index contributed by atoms with van der Waals surface area (Å²) in [5, 5.41) is 8.11. The largest absolute Gasteiger partial charge is 0.372 e. The van der Waals surface area contributed by atoms with Crippen molar-refractivity contribution in [3.8, 4) is 0 Å². The Morgan fingerprint density at radius 2 is 2.29 bits per heavy atom. The van der Waals surface area contributed by atoms with Gasteiger partial charge in [-0.05, 0) is 17.7 Å². The molecule has 2 atom stereocenters. The minimum Gasteiger partial charge on any atom is -0.372 e. The summed E-state index contributed by atoms with van der Waals surface area (Å²) in [5.41, 5.74) is 0.700. The van der Waals surface area contributed by atoms with Crippen molar-refractivity contribution in [2.24, 2.45) is 11.1 Å². The van der Waals surface area contributed by atoms with Crippen LogP contribution < -0.4 is 15.2 Å². The monoisotopic (exact) mass is 337 g/mol. The van der Waals surface area contributed by atoms with Crippen LogP contribution in [0.2, 0.25) is 5.02 Å². The second-order valence-electron chi connectivity index (χ2n) is 4.82. The molecule has 0 amide bonds. The highest BCUT2D eigenvalue weighted by Crippen LogP contribution is 2.29. The Labute approximate surface area is 128 Å². The first kappa shape index (κ1) is 16.6. The molecule has 0 unspecified atom stereocenters. The molecule has 9 heteroatoms. The molecule has 0 aromatic heterocycles. The van der Waals surface area contributed by atoms with E-state index in [0.29, 0.717) is 25.3 Å². The Hall–Kier alpha value is -0.770. The average molecular weight is 338 g/mol. The van der Waals surface area contributed by atoms with Crippen LogP contribution in [0.4, 0.5) is 4.39 Å². The highest BCUT2D eigenvalue weighted by atomic mass is 35.5. The van der Waals surface area contributed by atoms with Crippen molar-refractivity contribution in [3.63, 3.8) is 0 Å². The van der Waals surface area contributed by atoms with Gasteiger partial charge in [-0.25, -0.2) is 14.3 Å². The molecule has 0 bridgehead atoms. The van der Waals surface area contributed by atoms with E-state index in [-0.39, 0.29) is 17.5 Å². The molecule has 1 aliphatic heterocycles. The molecular weight excluding hydrogens is 321 g/mol. The third kappa shape index (κ3) is 4.87. The lowest BCUT2D eigenvalue weighted by atomic mass is 9.95. The zero-order chi connectivity index (χ0) is 15.5. The van der Waals surface area contributed by atoms with E-state index in [0.717, 1.165) is 0 Å². The fraction of sp³-hybridized carbons (Fsp3) is 0.500. The van der Waals surface area contributed by atoms with Gasteiger partial charge in [0.25, 0.3) is 10.2 Å². The molecule has 0 radical (unpaired) electrons. The Morgan fingerprint density at radius 1 is 1.52 bits per heavy atom. The van der Waals surface area contributed by atoms with E-state index in [1.807, 2.05) is 0 Å². The number of ether oxygens (including phenoxy) is 1. The SMILES string of the molecule is NS(=O)(=O)NC[C@@H]1CNCCO[C@H]1c1ccc(F)c(Cl)c1. The molecule has 1 heterocycles. The number of nitrogens with one attached hydrogen (secondary N) is 2. The fourth-order valence-corrected chi connectivity index (χ4v) is 2.88. The summed E-state index contributed by atoms with van der Waals surface area (Å²) >= 11 is 5.79. The van der Waals surface area contributed by atoms with Crippen molar-refractivity contribution in [1.82, 2.24) is 10.0 Å². The van der Waals surface area contributed by atoms with Gasteiger partial charge in [-0.1, -0.05) is 17.7 Å². The van der Waals surface area contributed by atoms with Crippen LogP contribution in [0, 0.1) is 11.7 Å². The highest BCUT2D eigenvalue weighted by molar-refractivity contribution is 7.87. The quantitative estimate of drug-likeness (QED) is 0.748. The summed E-state index contributed by atoms with van der Waals surface area (Å²) < 4.78 is 43.3. The van der Waals surface area contributed by atoms with Gasteiger partial charge in [-0.3, -0.25) is 0 Å². The van der Waals surface area contributed by atoms with Crippen molar-refractivity contribution in [2.75, 3.05) is 26.2 Å². The Bertz CT molecular complexity index is 599. The van der Waals surface area contributed by atoms with Crippen molar-refractivity contribution >= 4 is 21.8 Å². The molecule has 0 spiro atoms. The van der Waals surface area contributed by atoms with Gasteiger partial charge in [0.15, 0.2) is 0 Å². The van der Waals surface area contributed by atoms with Gasteiger partial charge in [0, 0.05) is 25.6 Å². The maximum absolute atomic E-state index is 13.3. The molecule has 0 aliphatic carbocycles. The summed E-state index contributed by atoms with van der Waals surface area (Å²) in [5.74, 6) is -0.696. The molecule has 1 saturated heterocycles. The number of hydrogen-bond donors (Lipinski definition) is 3. The molecule has 21 heavy (non-hydrogen) atoms. The van der Waals surface area contributed by atoms with Crippen LogP contribution in [0.25, 0.3) is 0 Å². The van der Waals surface area contributed by atoms with Gasteiger partial charge in [-0.2, -0.15) is 8.42 Å². The van der Waals surface area contributed by atoms with E-state index in [2.05, 4.69) is 10.0 Å². The number of nitrogens with two attached hydrogens (primary N) is 1. The first-order chi connectivity index (χ1) is 9.87. The first-order valence-electron chi connectivity index (χ1n) is 6.41. The lowest BCUT2D eigenvalue weighted by Crippen LogP contribution is -2.39. The van der Waals surface area contributed by atoms with Gasteiger partial charge in [0.05, 0.1) is 17.7 Å². The number of halogens is 2. The van der Waals surface area contributed by atoms with E-state index in [1.54, 1.807) is 6.07 Å². The first-order valence-corrected chi connectivity index (χ1v) is 8.34.